The highest BCUT2D eigenvalue weighted by atomic mass is 32.1. The van der Waals surface area contributed by atoms with E-state index in [1.807, 2.05) is 28.9 Å². The van der Waals surface area contributed by atoms with Crippen LogP contribution in [0.1, 0.15) is 5.56 Å². The standard InChI is InChI=1S/C24H15NS2/c1-14-9-10-16-17-6-4-7-18(24(17)27-22(16)11-14)20-12-23-19(13-25-20)15-5-2-3-8-21(15)26-23/h2-13H,1H3. The van der Waals surface area contributed by atoms with Crippen LogP contribution in [-0.2, 0) is 0 Å². The molecule has 6 aromatic rings. The molecule has 0 aliphatic rings. The second kappa shape index (κ2) is 5.62. The van der Waals surface area contributed by atoms with Crippen molar-refractivity contribution in [1.82, 2.24) is 4.98 Å². The van der Waals surface area contributed by atoms with Gasteiger partial charge < -0.3 is 0 Å². The Labute approximate surface area is 164 Å². The quantitative estimate of drug-likeness (QED) is 0.283. The SMILES string of the molecule is Cc1ccc2c(c1)sc1c(-c3cc4sc5ccccc5c4cn3)cccc12. The summed E-state index contributed by atoms with van der Waals surface area (Å²) in [7, 11) is 0. The van der Waals surface area contributed by atoms with E-state index in [0.29, 0.717) is 0 Å². The molecule has 0 fully saturated rings. The van der Waals surface area contributed by atoms with Gasteiger partial charge in [-0.2, -0.15) is 0 Å². The maximum absolute atomic E-state index is 4.85. The number of aryl methyl sites for hydroxylation is 1. The highest BCUT2D eigenvalue weighted by Crippen LogP contribution is 2.41. The fraction of sp³-hybridized carbons (Fsp3) is 0.0417. The molecule has 0 radical (unpaired) electrons. The van der Waals surface area contributed by atoms with Gasteiger partial charge in [0.05, 0.1) is 5.69 Å². The van der Waals surface area contributed by atoms with Crippen molar-refractivity contribution < 1.29 is 0 Å². The van der Waals surface area contributed by atoms with E-state index in [4.69, 9.17) is 4.98 Å². The molecule has 0 bridgehead atoms. The van der Waals surface area contributed by atoms with Gasteiger partial charge in [-0.3, -0.25) is 4.98 Å². The van der Waals surface area contributed by atoms with Crippen LogP contribution in [0.2, 0.25) is 0 Å². The van der Waals surface area contributed by atoms with Crippen molar-refractivity contribution in [1.29, 1.82) is 0 Å². The third-order valence-corrected chi connectivity index (χ3v) is 7.53. The van der Waals surface area contributed by atoms with E-state index < -0.39 is 0 Å². The van der Waals surface area contributed by atoms with Crippen molar-refractivity contribution in [2.45, 2.75) is 6.92 Å². The number of aromatic nitrogens is 1. The van der Waals surface area contributed by atoms with Crippen LogP contribution in [0.15, 0.2) is 72.9 Å². The van der Waals surface area contributed by atoms with Gasteiger partial charge in [0.15, 0.2) is 0 Å². The average Bonchev–Trinajstić information content (AvgIpc) is 3.24. The van der Waals surface area contributed by atoms with Crippen molar-refractivity contribution in [3.05, 3.63) is 78.5 Å². The van der Waals surface area contributed by atoms with Gasteiger partial charge in [0, 0.05) is 52.1 Å². The van der Waals surface area contributed by atoms with Crippen LogP contribution in [0, 0.1) is 6.92 Å². The first-order chi connectivity index (χ1) is 13.3. The van der Waals surface area contributed by atoms with Gasteiger partial charge in [0.2, 0.25) is 0 Å². The maximum Gasteiger partial charge on any atom is 0.0730 e. The van der Waals surface area contributed by atoms with Gasteiger partial charge in [-0.25, -0.2) is 0 Å². The summed E-state index contributed by atoms with van der Waals surface area (Å²) in [6.07, 6.45) is 2.04. The van der Waals surface area contributed by atoms with Crippen LogP contribution in [0.4, 0.5) is 0 Å². The molecular formula is C24H15NS2. The van der Waals surface area contributed by atoms with E-state index in [1.165, 1.54) is 51.5 Å². The normalized spacial score (nSPS) is 11.9. The zero-order chi connectivity index (χ0) is 18.0. The van der Waals surface area contributed by atoms with E-state index in [0.717, 1.165) is 5.69 Å². The number of thiophene rings is 2. The molecule has 3 heterocycles. The lowest BCUT2D eigenvalue weighted by Gasteiger charge is -2.03. The molecular weight excluding hydrogens is 366 g/mol. The molecule has 3 aromatic heterocycles. The molecule has 0 aliphatic carbocycles. The number of hydrogen-bond donors (Lipinski definition) is 0. The zero-order valence-corrected chi connectivity index (χ0v) is 16.3. The van der Waals surface area contributed by atoms with E-state index in [-0.39, 0.29) is 0 Å². The Morgan fingerprint density at radius 3 is 2.44 bits per heavy atom. The Morgan fingerprint density at radius 2 is 1.48 bits per heavy atom. The summed E-state index contributed by atoms with van der Waals surface area (Å²) in [6, 6.07) is 24.1. The van der Waals surface area contributed by atoms with Gasteiger partial charge in [0.25, 0.3) is 0 Å². The Hall–Kier alpha value is -2.75. The number of fused-ring (bicyclic) bond motifs is 6. The van der Waals surface area contributed by atoms with Gasteiger partial charge in [0.1, 0.15) is 0 Å². The number of pyridine rings is 1. The fourth-order valence-electron chi connectivity index (χ4n) is 3.87. The van der Waals surface area contributed by atoms with E-state index >= 15 is 0 Å². The van der Waals surface area contributed by atoms with Crippen LogP contribution in [0.5, 0.6) is 0 Å². The Bertz CT molecular complexity index is 1490. The predicted molar refractivity (Wildman–Crippen MR) is 120 cm³/mol. The van der Waals surface area contributed by atoms with Crippen LogP contribution in [0.3, 0.4) is 0 Å². The smallest absolute Gasteiger partial charge is 0.0730 e. The van der Waals surface area contributed by atoms with Crippen molar-refractivity contribution in [2.75, 3.05) is 0 Å². The van der Waals surface area contributed by atoms with E-state index in [1.54, 1.807) is 0 Å². The zero-order valence-electron chi connectivity index (χ0n) is 14.7. The molecule has 6 rings (SSSR count). The number of benzene rings is 3. The van der Waals surface area contributed by atoms with Gasteiger partial charge >= 0.3 is 0 Å². The number of hydrogen-bond acceptors (Lipinski definition) is 3. The molecule has 3 aromatic carbocycles. The largest absolute Gasteiger partial charge is 0.255 e. The molecule has 0 atom stereocenters. The van der Waals surface area contributed by atoms with Crippen LogP contribution >= 0.6 is 22.7 Å². The van der Waals surface area contributed by atoms with Gasteiger partial charge in [-0.05, 0) is 30.7 Å². The lowest BCUT2D eigenvalue weighted by molar-refractivity contribution is 1.37. The first-order valence-corrected chi connectivity index (χ1v) is 10.6. The molecule has 0 aliphatic heterocycles. The van der Waals surface area contributed by atoms with Gasteiger partial charge in [-0.15, -0.1) is 22.7 Å². The highest BCUT2D eigenvalue weighted by molar-refractivity contribution is 7.26. The predicted octanol–water partition coefficient (Wildman–Crippen LogP) is 7.79. The van der Waals surface area contributed by atoms with Crippen LogP contribution in [-0.4, -0.2) is 4.98 Å². The average molecular weight is 382 g/mol. The monoisotopic (exact) mass is 381 g/mol. The Morgan fingerprint density at radius 1 is 0.667 bits per heavy atom. The molecule has 0 spiro atoms. The van der Waals surface area contributed by atoms with Crippen molar-refractivity contribution >= 4 is 63.0 Å². The highest BCUT2D eigenvalue weighted by Gasteiger charge is 2.13. The summed E-state index contributed by atoms with van der Waals surface area (Å²) in [4.78, 5) is 4.85. The maximum atomic E-state index is 4.85. The lowest BCUT2D eigenvalue weighted by Crippen LogP contribution is -1.82. The molecule has 0 N–H and O–H groups in total. The number of rotatable bonds is 1. The Balaban J connectivity index is 1.64. The first kappa shape index (κ1) is 15.3. The molecule has 0 saturated heterocycles. The topological polar surface area (TPSA) is 12.9 Å². The van der Waals surface area contributed by atoms with E-state index in [9.17, 15) is 0 Å². The summed E-state index contributed by atoms with van der Waals surface area (Å²) in [5, 5.41) is 5.21. The van der Waals surface area contributed by atoms with Crippen molar-refractivity contribution in [3.63, 3.8) is 0 Å². The van der Waals surface area contributed by atoms with Gasteiger partial charge in [-0.1, -0.05) is 48.5 Å². The molecule has 0 amide bonds. The minimum Gasteiger partial charge on any atom is -0.255 e. The minimum atomic E-state index is 1.06. The summed E-state index contributed by atoms with van der Waals surface area (Å²) >= 11 is 3.72. The second-order valence-corrected chi connectivity index (χ2v) is 9.08. The van der Waals surface area contributed by atoms with E-state index in [2.05, 4.69) is 73.7 Å². The Kier molecular flexibility index (Phi) is 3.19. The minimum absolute atomic E-state index is 1.06. The number of nitrogens with zero attached hydrogens (tertiary/aromatic N) is 1. The third kappa shape index (κ3) is 2.25. The molecule has 27 heavy (non-hydrogen) atoms. The molecule has 0 saturated carbocycles. The molecule has 3 heteroatoms. The molecule has 1 nitrogen and oxygen atoms in total. The summed E-state index contributed by atoms with van der Waals surface area (Å²) in [5.74, 6) is 0. The first-order valence-electron chi connectivity index (χ1n) is 8.97. The summed E-state index contributed by atoms with van der Waals surface area (Å²) < 4.78 is 5.30. The second-order valence-electron chi connectivity index (χ2n) is 6.95. The fourth-order valence-corrected chi connectivity index (χ4v) is 6.31. The van der Waals surface area contributed by atoms with Crippen molar-refractivity contribution in [3.8, 4) is 11.3 Å². The van der Waals surface area contributed by atoms with Crippen molar-refractivity contribution in [2.24, 2.45) is 0 Å². The third-order valence-electron chi connectivity index (χ3n) is 5.19. The van der Waals surface area contributed by atoms with Crippen LogP contribution in [0.25, 0.3) is 51.6 Å². The summed E-state index contributed by atoms with van der Waals surface area (Å²) in [6.45, 7) is 2.15. The summed E-state index contributed by atoms with van der Waals surface area (Å²) in [5.41, 5.74) is 3.59. The molecule has 128 valence electrons. The lowest BCUT2D eigenvalue weighted by atomic mass is 10.1. The molecule has 0 unspecified atom stereocenters. The van der Waals surface area contributed by atoms with Crippen LogP contribution < -0.4 is 0 Å².